The summed E-state index contributed by atoms with van der Waals surface area (Å²) in [6, 6.07) is 11.2. The zero-order valence-electron chi connectivity index (χ0n) is 14.8. The van der Waals surface area contributed by atoms with Crippen LogP contribution >= 0.6 is 11.6 Å². The van der Waals surface area contributed by atoms with Gasteiger partial charge in [-0.3, -0.25) is 9.59 Å². The summed E-state index contributed by atoms with van der Waals surface area (Å²) in [5, 5.41) is 2.97. The maximum Gasteiger partial charge on any atom is 0.339 e. The monoisotopic (exact) mass is 391 g/mol. The van der Waals surface area contributed by atoms with E-state index in [1.54, 1.807) is 36.4 Å². The SMILES string of the molecule is COC(=O)c1ccccc1NC(=O)COC(=O)Cc1cc(Cl)ccc1OC. The van der Waals surface area contributed by atoms with Gasteiger partial charge in [0.05, 0.1) is 31.9 Å². The van der Waals surface area contributed by atoms with E-state index in [1.807, 2.05) is 0 Å². The molecule has 8 heteroatoms. The molecule has 0 aliphatic rings. The molecule has 0 aliphatic heterocycles. The van der Waals surface area contributed by atoms with Crippen LogP contribution in [0.5, 0.6) is 5.75 Å². The van der Waals surface area contributed by atoms with Gasteiger partial charge in [-0.25, -0.2) is 4.79 Å². The average Bonchev–Trinajstić information content (AvgIpc) is 2.66. The lowest BCUT2D eigenvalue weighted by molar-refractivity contribution is -0.146. The molecule has 2 rings (SSSR count). The van der Waals surface area contributed by atoms with Crippen LogP contribution in [0, 0.1) is 0 Å². The molecule has 0 heterocycles. The standard InChI is InChI=1S/C19H18ClNO6/c1-25-16-8-7-13(20)9-12(16)10-18(23)27-11-17(22)21-15-6-4-3-5-14(15)19(24)26-2/h3-9H,10-11H2,1-2H3,(H,21,22). The van der Waals surface area contributed by atoms with Crippen molar-refractivity contribution >= 4 is 35.1 Å². The van der Waals surface area contributed by atoms with E-state index in [1.165, 1.54) is 20.3 Å². The van der Waals surface area contributed by atoms with E-state index in [4.69, 9.17) is 21.1 Å². The third-order valence-electron chi connectivity index (χ3n) is 3.55. The number of amides is 1. The summed E-state index contributed by atoms with van der Waals surface area (Å²) in [7, 11) is 2.72. The van der Waals surface area contributed by atoms with Gasteiger partial charge in [-0.05, 0) is 30.3 Å². The van der Waals surface area contributed by atoms with Gasteiger partial charge in [0.1, 0.15) is 5.75 Å². The number of ether oxygens (including phenoxy) is 3. The number of carbonyl (C=O) groups excluding carboxylic acids is 3. The van der Waals surface area contributed by atoms with Crippen LogP contribution in [0.2, 0.25) is 5.02 Å². The van der Waals surface area contributed by atoms with Gasteiger partial charge in [0.2, 0.25) is 0 Å². The van der Waals surface area contributed by atoms with Crippen molar-refractivity contribution < 1.29 is 28.6 Å². The van der Waals surface area contributed by atoms with Crippen LogP contribution in [0.1, 0.15) is 15.9 Å². The summed E-state index contributed by atoms with van der Waals surface area (Å²) < 4.78 is 14.8. The molecule has 0 aromatic heterocycles. The zero-order valence-corrected chi connectivity index (χ0v) is 15.5. The highest BCUT2D eigenvalue weighted by molar-refractivity contribution is 6.30. The molecule has 0 unspecified atom stereocenters. The van der Waals surface area contributed by atoms with Gasteiger partial charge in [-0.2, -0.15) is 0 Å². The maximum atomic E-state index is 12.0. The van der Waals surface area contributed by atoms with Crippen molar-refractivity contribution in [3.05, 3.63) is 58.6 Å². The largest absolute Gasteiger partial charge is 0.496 e. The van der Waals surface area contributed by atoms with Gasteiger partial charge >= 0.3 is 11.9 Å². The summed E-state index contributed by atoms with van der Waals surface area (Å²) in [6.45, 7) is -0.503. The molecule has 0 radical (unpaired) electrons. The third kappa shape index (κ3) is 5.72. The van der Waals surface area contributed by atoms with Gasteiger partial charge < -0.3 is 19.5 Å². The Morgan fingerprint density at radius 2 is 1.81 bits per heavy atom. The van der Waals surface area contributed by atoms with E-state index in [2.05, 4.69) is 10.1 Å². The topological polar surface area (TPSA) is 90.9 Å². The molecular formula is C19H18ClNO6. The Hall–Kier alpha value is -3.06. The van der Waals surface area contributed by atoms with E-state index in [0.29, 0.717) is 16.3 Å². The lowest BCUT2D eigenvalue weighted by Gasteiger charge is -2.11. The van der Waals surface area contributed by atoms with Crippen LogP contribution in [0.15, 0.2) is 42.5 Å². The van der Waals surface area contributed by atoms with Gasteiger partial charge in [0.25, 0.3) is 5.91 Å². The predicted molar refractivity (Wildman–Crippen MR) is 99.1 cm³/mol. The zero-order chi connectivity index (χ0) is 19.8. The molecule has 0 aliphatic carbocycles. The molecular weight excluding hydrogens is 374 g/mol. The second-order valence-electron chi connectivity index (χ2n) is 5.38. The number of hydrogen-bond acceptors (Lipinski definition) is 6. The molecule has 0 spiro atoms. The molecule has 0 saturated heterocycles. The van der Waals surface area contributed by atoms with Crippen LogP contribution in [-0.4, -0.2) is 38.7 Å². The Kier molecular flexibility index (Phi) is 7.19. The molecule has 2 aromatic carbocycles. The van der Waals surface area contributed by atoms with Gasteiger partial charge in [-0.15, -0.1) is 0 Å². The minimum Gasteiger partial charge on any atom is -0.496 e. The fourth-order valence-corrected chi connectivity index (χ4v) is 2.50. The number of rotatable bonds is 7. The minimum atomic E-state index is -0.619. The number of anilines is 1. The van der Waals surface area contributed by atoms with Gasteiger partial charge in [0.15, 0.2) is 6.61 Å². The summed E-state index contributed by atoms with van der Waals surface area (Å²) in [5.41, 5.74) is 1.01. The first-order valence-electron chi connectivity index (χ1n) is 7.89. The Morgan fingerprint density at radius 3 is 2.52 bits per heavy atom. The van der Waals surface area contributed by atoms with E-state index in [9.17, 15) is 14.4 Å². The van der Waals surface area contributed by atoms with Crippen LogP contribution in [0.4, 0.5) is 5.69 Å². The summed E-state index contributed by atoms with van der Waals surface area (Å²) in [5.74, 6) is -1.30. The Labute approximate surface area is 161 Å². The first kappa shape index (κ1) is 20.3. The first-order valence-corrected chi connectivity index (χ1v) is 8.27. The van der Waals surface area contributed by atoms with Crippen LogP contribution in [0.3, 0.4) is 0 Å². The smallest absolute Gasteiger partial charge is 0.339 e. The van der Waals surface area contributed by atoms with Crippen LogP contribution in [0.25, 0.3) is 0 Å². The number of esters is 2. The molecule has 27 heavy (non-hydrogen) atoms. The Bertz CT molecular complexity index is 852. The van der Waals surface area contributed by atoms with Crippen molar-refractivity contribution in [3.8, 4) is 5.75 Å². The van der Waals surface area contributed by atoms with Crippen LogP contribution < -0.4 is 10.1 Å². The normalized spacial score (nSPS) is 10.0. The van der Waals surface area contributed by atoms with Gasteiger partial charge in [0, 0.05) is 10.6 Å². The fourth-order valence-electron chi connectivity index (χ4n) is 2.30. The van der Waals surface area contributed by atoms with E-state index in [0.717, 1.165) is 0 Å². The summed E-state index contributed by atoms with van der Waals surface area (Å²) >= 11 is 5.92. The van der Waals surface area contributed by atoms with Crippen molar-refractivity contribution in [2.45, 2.75) is 6.42 Å². The number of methoxy groups -OCH3 is 2. The maximum absolute atomic E-state index is 12.0. The summed E-state index contributed by atoms with van der Waals surface area (Å²) in [4.78, 5) is 35.7. The molecule has 0 bridgehead atoms. The van der Waals surface area contributed by atoms with Crippen molar-refractivity contribution in [2.75, 3.05) is 26.1 Å². The van der Waals surface area contributed by atoms with Crippen LogP contribution in [-0.2, 0) is 25.5 Å². The fraction of sp³-hybridized carbons (Fsp3) is 0.211. The number of nitrogens with one attached hydrogen (secondary N) is 1. The van der Waals surface area contributed by atoms with Crippen molar-refractivity contribution in [2.24, 2.45) is 0 Å². The number of halogens is 1. The quantitative estimate of drug-likeness (QED) is 0.730. The third-order valence-corrected chi connectivity index (χ3v) is 3.78. The van der Waals surface area contributed by atoms with Gasteiger partial charge in [-0.1, -0.05) is 23.7 Å². The highest BCUT2D eigenvalue weighted by Crippen LogP contribution is 2.23. The Balaban J connectivity index is 1.94. The molecule has 2 aromatic rings. The minimum absolute atomic E-state index is 0.101. The highest BCUT2D eigenvalue weighted by Gasteiger charge is 2.15. The van der Waals surface area contributed by atoms with E-state index >= 15 is 0 Å². The van der Waals surface area contributed by atoms with E-state index < -0.39 is 24.5 Å². The molecule has 142 valence electrons. The molecule has 1 N–H and O–H groups in total. The number of carbonyl (C=O) groups is 3. The number of benzene rings is 2. The molecule has 7 nitrogen and oxygen atoms in total. The van der Waals surface area contributed by atoms with Crippen molar-refractivity contribution in [1.82, 2.24) is 0 Å². The lowest BCUT2D eigenvalue weighted by Crippen LogP contribution is -2.23. The molecule has 0 saturated carbocycles. The van der Waals surface area contributed by atoms with Crippen molar-refractivity contribution in [3.63, 3.8) is 0 Å². The number of hydrogen-bond donors (Lipinski definition) is 1. The lowest BCUT2D eigenvalue weighted by atomic mass is 10.1. The second kappa shape index (κ2) is 9.59. The predicted octanol–water partition coefficient (Wildman–Crippen LogP) is 2.86. The second-order valence-corrected chi connectivity index (χ2v) is 5.82. The molecule has 0 atom stereocenters. The van der Waals surface area contributed by atoms with E-state index in [-0.39, 0.29) is 17.7 Å². The first-order chi connectivity index (χ1) is 12.9. The molecule has 0 fully saturated rings. The highest BCUT2D eigenvalue weighted by atomic mass is 35.5. The van der Waals surface area contributed by atoms with Crippen molar-refractivity contribution in [1.29, 1.82) is 0 Å². The number of para-hydroxylation sites is 1. The molecule has 1 amide bonds. The Morgan fingerprint density at radius 1 is 1.07 bits per heavy atom. The summed E-state index contributed by atoms with van der Waals surface area (Å²) in [6.07, 6.45) is -0.101. The average molecular weight is 392 g/mol.